The van der Waals surface area contributed by atoms with Gasteiger partial charge in [0.15, 0.2) is 0 Å². The van der Waals surface area contributed by atoms with E-state index in [1.54, 1.807) is 0 Å². The van der Waals surface area contributed by atoms with Crippen LogP contribution in [0.15, 0.2) is 0 Å². The van der Waals surface area contributed by atoms with E-state index in [9.17, 15) is 4.79 Å². The first-order valence-corrected chi connectivity index (χ1v) is 7.39. The van der Waals surface area contributed by atoms with Crippen LogP contribution in [0.5, 0.6) is 0 Å². The van der Waals surface area contributed by atoms with Crippen LogP contribution in [-0.2, 0) is 4.79 Å². The van der Waals surface area contributed by atoms with Gasteiger partial charge in [0.05, 0.1) is 6.04 Å². The fourth-order valence-corrected chi connectivity index (χ4v) is 2.19. The molecule has 2 unspecified atom stereocenters. The van der Waals surface area contributed by atoms with Crippen molar-refractivity contribution in [3.63, 3.8) is 0 Å². The molecule has 18 heavy (non-hydrogen) atoms. The van der Waals surface area contributed by atoms with E-state index < -0.39 is 0 Å². The van der Waals surface area contributed by atoms with Gasteiger partial charge in [0.2, 0.25) is 5.91 Å². The Labute approximate surface area is 111 Å². The van der Waals surface area contributed by atoms with Crippen LogP contribution in [-0.4, -0.2) is 49.1 Å². The molecule has 1 amide bonds. The maximum absolute atomic E-state index is 11.8. The molecule has 106 valence electrons. The molecule has 2 N–H and O–H groups in total. The predicted molar refractivity (Wildman–Crippen MR) is 75.7 cm³/mol. The molecule has 0 saturated carbocycles. The van der Waals surface area contributed by atoms with Crippen molar-refractivity contribution in [2.75, 3.05) is 26.2 Å². The van der Waals surface area contributed by atoms with Gasteiger partial charge in [0.1, 0.15) is 0 Å². The van der Waals surface area contributed by atoms with Gasteiger partial charge in [-0.25, -0.2) is 0 Å². The molecule has 4 nitrogen and oxygen atoms in total. The van der Waals surface area contributed by atoms with E-state index in [2.05, 4.69) is 22.5 Å². The summed E-state index contributed by atoms with van der Waals surface area (Å²) in [7, 11) is 0. The van der Waals surface area contributed by atoms with Crippen molar-refractivity contribution in [1.82, 2.24) is 15.5 Å². The van der Waals surface area contributed by atoms with Crippen LogP contribution in [0.4, 0.5) is 0 Å². The summed E-state index contributed by atoms with van der Waals surface area (Å²) in [5.41, 5.74) is 0. The number of nitrogens with one attached hydrogen (secondary N) is 2. The standard InChI is InChI=1S/C14H29N3O/c1-4-12(2)16-14(18)13(3)15-8-7-11-17-9-5-6-10-17/h12-13,15H,4-11H2,1-3H3,(H,16,18). The third kappa shape index (κ3) is 5.83. The number of likely N-dealkylation sites (tertiary alicyclic amines) is 1. The van der Waals surface area contributed by atoms with Gasteiger partial charge in [-0.1, -0.05) is 6.92 Å². The van der Waals surface area contributed by atoms with Gasteiger partial charge in [0.25, 0.3) is 0 Å². The fourth-order valence-electron chi connectivity index (χ4n) is 2.19. The zero-order valence-corrected chi connectivity index (χ0v) is 12.2. The van der Waals surface area contributed by atoms with Gasteiger partial charge in [-0.2, -0.15) is 0 Å². The predicted octanol–water partition coefficient (Wildman–Crippen LogP) is 1.37. The minimum atomic E-state index is -0.0856. The number of nitrogens with zero attached hydrogens (tertiary/aromatic N) is 1. The molecule has 0 spiro atoms. The zero-order chi connectivity index (χ0) is 13.4. The highest BCUT2D eigenvalue weighted by Crippen LogP contribution is 2.06. The van der Waals surface area contributed by atoms with Crippen LogP contribution in [0.25, 0.3) is 0 Å². The van der Waals surface area contributed by atoms with Crippen LogP contribution >= 0.6 is 0 Å². The van der Waals surface area contributed by atoms with Crippen LogP contribution < -0.4 is 10.6 Å². The second-order valence-electron chi connectivity index (χ2n) is 5.40. The van der Waals surface area contributed by atoms with E-state index in [1.807, 2.05) is 13.8 Å². The molecule has 0 aromatic carbocycles. The summed E-state index contributed by atoms with van der Waals surface area (Å²) in [4.78, 5) is 14.3. The first-order chi connectivity index (χ1) is 8.63. The van der Waals surface area contributed by atoms with E-state index in [0.717, 1.165) is 25.9 Å². The minimum Gasteiger partial charge on any atom is -0.352 e. The summed E-state index contributed by atoms with van der Waals surface area (Å²) in [5, 5.41) is 6.30. The van der Waals surface area contributed by atoms with Gasteiger partial charge in [-0.3, -0.25) is 4.79 Å². The highest BCUT2D eigenvalue weighted by atomic mass is 16.2. The molecule has 1 rings (SSSR count). The molecule has 0 radical (unpaired) electrons. The van der Waals surface area contributed by atoms with Crippen molar-refractivity contribution in [3.05, 3.63) is 0 Å². The van der Waals surface area contributed by atoms with E-state index in [4.69, 9.17) is 0 Å². The smallest absolute Gasteiger partial charge is 0.237 e. The average Bonchev–Trinajstić information content (AvgIpc) is 2.87. The minimum absolute atomic E-state index is 0.0856. The third-order valence-electron chi connectivity index (χ3n) is 3.69. The lowest BCUT2D eigenvalue weighted by molar-refractivity contribution is -0.123. The van der Waals surface area contributed by atoms with Crippen molar-refractivity contribution in [1.29, 1.82) is 0 Å². The van der Waals surface area contributed by atoms with Crippen LogP contribution in [0.3, 0.4) is 0 Å². The Morgan fingerprint density at radius 1 is 1.28 bits per heavy atom. The third-order valence-corrected chi connectivity index (χ3v) is 3.69. The SMILES string of the molecule is CCC(C)NC(=O)C(C)NCCCN1CCCC1. The zero-order valence-electron chi connectivity index (χ0n) is 12.2. The molecule has 0 bridgehead atoms. The van der Waals surface area contributed by atoms with Gasteiger partial charge in [0, 0.05) is 6.04 Å². The first kappa shape index (κ1) is 15.4. The number of rotatable bonds is 8. The lowest BCUT2D eigenvalue weighted by Crippen LogP contribution is -2.45. The molecule has 2 atom stereocenters. The highest BCUT2D eigenvalue weighted by Gasteiger charge is 2.14. The number of carbonyl (C=O) groups excluding carboxylic acids is 1. The lowest BCUT2D eigenvalue weighted by Gasteiger charge is -2.18. The second-order valence-corrected chi connectivity index (χ2v) is 5.40. The van der Waals surface area contributed by atoms with Gasteiger partial charge in [-0.15, -0.1) is 0 Å². The number of amides is 1. The molecule has 1 heterocycles. The average molecular weight is 255 g/mol. The van der Waals surface area contributed by atoms with Gasteiger partial charge >= 0.3 is 0 Å². The summed E-state index contributed by atoms with van der Waals surface area (Å²) in [6.45, 7) is 10.6. The lowest BCUT2D eigenvalue weighted by atomic mass is 10.2. The summed E-state index contributed by atoms with van der Waals surface area (Å²) in [6, 6.07) is 0.184. The summed E-state index contributed by atoms with van der Waals surface area (Å²) < 4.78 is 0. The van der Waals surface area contributed by atoms with E-state index >= 15 is 0 Å². The Morgan fingerprint density at radius 2 is 1.94 bits per heavy atom. The highest BCUT2D eigenvalue weighted by molar-refractivity contribution is 5.81. The molecular formula is C14H29N3O. The molecular weight excluding hydrogens is 226 g/mol. The van der Waals surface area contributed by atoms with Gasteiger partial charge in [-0.05, 0) is 65.7 Å². The maximum atomic E-state index is 11.8. The number of hydrogen-bond acceptors (Lipinski definition) is 3. The Kier molecular flexibility index (Phi) is 7.28. The Balaban J connectivity index is 2.04. The molecule has 0 aromatic rings. The largest absolute Gasteiger partial charge is 0.352 e. The van der Waals surface area contributed by atoms with Crippen molar-refractivity contribution in [3.8, 4) is 0 Å². The molecule has 0 aromatic heterocycles. The molecule has 0 aliphatic carbocycles. The number of carbonyl (C=O) groups is 1. The second kappa shape index (κ2) is 8.48. The first-order valence-electron chi connectivity index (χ1n) is 7.39. The maximum Gasteiger partial charge on any atom is 0.237 e. The monoisotopic (exact) mass is 255 g/mol. The van der Waals surface area contributed by atoms with E-state index in [-0.39, 0.29) is 18.0 Å². The molecule has 1 fully saturated rings. The van der Waals surface area contributed by atoms with Gasteiger partial charge < -0.3 is 15.5 Å². The van der Waals surface area contributed by atoms with Crippen LogP contribution in [0.1, 0.15) is 46.5 Å². The van der Waals surface area contributed by atoms with Crippen molar-refractivity contribution in [2.24, 2.45) is 0 Å². The Bertz CT molecular complexity index is 239. The molecule has 1 saturated heterocycles. The topological polar surface area (TPSA) is 44.4 Å². The normalized spacial score (nSPS) is 19.7. The number of hydrogen-bond donors (Lipinski definition) is 2. The van der Waals surface area contributed by atoms with Crippen molar-refractivity contribution >= 4 is 5.91 Å². The summed E-state index contributed by atoms with van der Waals surface area (Å²) in [6.07, 6.45) is 4.80. The van der Waals surface area contributed by atoms with Crippen LogP contribution in [0.2, 0.25) is 0 Å². The quantitative estimate of drug-likeness (QED) is 0.644. The molecule has 1 aliphatic rings. The van der Waals surface area contributed by atoms with Crippen LogP contribution in [0, 0.1) is 0 Å². The molecule has 1 aliphatic heterocycles. The fraction of sp³-hybridized carbons (Fsp3) is 0.929. The van der Waals surface area contributed by atoms with Crippen molar-refractivity contribution < 1.29 is 4.79 Å². The van der Waals surface area contributed by atoms with E-state index in [0.29, 0.717) is 0 Å². The summed E-state index contributed by atoms with van der Waals surface area (Å²) in [5.74, 6) is 0.116. The van der Waals surface area contributed by atoms with Crippen molar-refractivity contribution in [2.45, 2.75) is 58.5 Å². The Hall–Kier alpha value is -0.610. The molecule has 4 heteroatoms. The van der Waals surface area contributed by atoms with E-state index in [1.165, 1.54) is 25.9 Å². The Morgan fingerprint density at radius 3 is 2.56 bits per heavy atom. The summed E-state index contributed by atoms with van der Waals surface area (Å²) >= 11 is 0.